The predicted molar refractivity (Wildman–Crippen MR) is 83.9 cm³/mol. The minimum Gasteiger partial charge on any atom is -0.313 e. The molecule has 1 aliphatic rings. The van der Waals surface area contributed by atoms with Crippen molar-refractivity contribution in [2.45, 2.75) is 52.5 Å². The third-order valence-electron chi connectivity index (χ3n) is 3.70. The Bertz CT molecular complexity index is 365. The van der Waals surface area contributed by atoms with Gasteiger partial charge < -0.3 is 5.32 Å². The molecule has 1 rings (SSSR count). The standard InChI is InChI=1S/C14H31N3O2S/c1-5-6-10-16(4)20(18,19)17(11-13(2)3)12-14-8-7-9-15-14/h13-15H,5-12H2,1-4H3. The van der Waals surface area contributed by atoms with Crippen LogP contribution in [-0.4, -0.2) is 56.3 Å². The van der Waals surface area contributed by atoms with Crippen molar-refractivity contribution in [1.82, 2.24) is 13.9 Å². The van der Waals surface area contributed by atoms with E-state index in [9.17, 15) is 8.42 Å². The van der Waals surface area contributed by atoms with Gasteiger partial charge in [0.25, 0.3) is 10.2 Å². The Balaban J connectivity index is 2.73. The summed E-state index contributed by atoms with van der Waals surface area (Å²) in [7, 11) is -1.63. The Morgan fingerprint density at radius 1 is 1.35 bits per heavy atom. The van der Waals surface area contributed by atoms with E-state index >= 15 is 0 Å². The van der Waals surface area contributed by atoms with Crippen LogP contribution in [0.15, 0.2) is 0 Å². The highest BCUT2D eigenvalue weighted by Gasteiger charge is 2.30. The number of hydrogen-bond donors (Lipinski definition) is 1. The van der Waals surface area contributed by atoms with Crippen LogP contribution in [0.5, 0.6) is 0 Å². The molecular weight excluding hydrogens is 274 g/mol. The van der Waals surface area contributed by atoms with Crippen LogP contribution in [0, 0.1) is 5.92 Å². The van der Waals surface area contributed by atoms with Gasteiger partial charge in [0.2, 0.25) is 0 Å². The molecule has 0 aliphatic carbocycles. The van der Waals surface area contributed by atoms with Crippen molar-refractivity contribution in [3.63, 3.8) is 0 Å². The van der Waals surface area contributed by atoms with E-state index in [1.807, 2.05) is 0 Å². The van der Waals surface area contributed by atoms with Gasteiger partial charge in [-0.25, -0.2) is 0 Å². The largest absolute Gasteiger partial charge is 0.313 e. The maximum atomic E-state index is 12.7. The van der Waals surface area contributed by atoms with Crippen molar-refractivity contribution in [3.8, 4) is 0 Å². The number of rotatable bonds is 9. The number of hydrogen-bond acceptors (Lipinski definition) is 3. The van der Waals surface area contributed by atoms with Crippen molar-refractivity contribution in [2.75, 3.05) is 33.2 Å². The van der Waals surface area contributed by atoms with E-state index in [1.54, 1.807) is 11.4 Å². The average molecular weight is 305 g/mol. The molecule has 5 nitrogen and oxygen atoms in total. The smallest absolute Gasteiger partial charge is 0.281 e. The molecule has 20 heavy (non-hydrogen) atoms. The molecule has 6 heteroatoms. The topological polar surface area (TPSA) is 52.7 Å². The summed E-state index contributed by atoms with van der Waals surface area (Å²) in [5, 5.41) is 3.39. The SMILES string of the molecule is CCCCN(C)S(=O)(=O)N(CC(C)C)CC1CCCN1. The first kappa shape index (κ1) is 17.9. The lowest BCUT2D eigenvalue weighted by molar-refractivity contribution is 0.307. The Labute approximate surface area is 124 Å². The van der Waals surface area contributed by atoms with E-state index in [4.69, 9.17) is 0 Å². The summed E-state index contributed by atoms with van der Waals surface area (Å²) in [6, 6.07) is 0.308. The summed E-state index contributed by atoms with van der Waals surface area (Å²) in [4.78, 5) is 0. The van der Waals surface area contributed by atoms with Gasteiger partial charge in [0.15, 0.2) is 0 Å². The molecule has 1 N–H and O–H groups in total. The normalized spacial score (nSPS) is 20.4. The zero-order valence-corrected chi connectivity index (χ0v) is 14.2. The van der Waals surface area contributed by atoms with Crippen molar-refractivity contribution >= 4 is 10.2 Å². The van der Waals surface area contributed by atoms with E-state index in [0.29, 0.717) is 31.6 Å². The molecule has 1 aliphatic heterocycles. The zero-order chi connectivity index (χ0) is 15.2. The molecule has 0 aromatic heterocycles. The summed E-state index contributed by atoms with van der Waals surface area (Å²) in [5.41, 5.74) is 0. The third-order valence-corrected chi connectivity index (χ3v) is 5.62. The van der Waals surface area contributed by atoms with Crippen molar-refractivity contribution in [3.05, 3.63) is 0 Å². The minimum atomic E-state index is -3.33. The lowest BCUT2D eigenvalue weighted by Gasteiger charge is -2.30. The second kappa shape index (κ2) is 8.32. The van der Waals surface area contributed by atoms with Crippen LogP contribution in [0.4, 0.5) is 0 Å². The summed E-state index contributed by atoms with van der Waals surface area (Å²) in [5.74, 6) is 0.339. The van der Waals surface area contributed by atoms with Gasteiger partial charge in [0.05, 0.1) is 0 Å². The Kier molecular flexibility index (Phi) is 7.43. The predicted octanol–water partition coefficient (Wildman–Crippen LogP) is 1.67. The molecule has 1 heterocycles. The average Bonchev–Trinajstić information content (AvgIpc) is 2.87. The maximum absolute atomic E-state index is 12.7. The van der Waals surface area contributed by atoms with Crippen LogP contribution < -0.4 is 5.32 Å². The molecule has 0 radical (unpaired) electrons. The highest BCUT2D eigenvalue weighted by Crippen LogP contribution is 2.15. The Morgan fingerprint density at radius 2 is 2.05 bits per heavy atom. The fourth-order valence-electron chi connectivity index (χ4n) is 2.52. The van der Waals surface area contributed by atoms with Gasteiger partial charge in [-0.3, -0.25) is 0 Å². The molecule has 0 amide bonds. The second-order valence-corrected chi connectivity index (χ2v) is 8.22. The molecule has 1 unspecified atom stereocenters. The molecule has 0 saturated carbocycles. The Hall–Kier alpha value is -0.170. The lowest BCUT2D eigenvalue weighted by Crippen LogP contribution is -2.48. The van der Waals surface area contributed by atoms with E-state index in [-0.39, 0.29) is 0 Å². The molecule has 0 bridgehead atoms. The van der Waals surface area contributed by atoms with Gasteiger partial charge in [-0.05, 0) is 31.7 Å². The van der Waals surface area contributed by atoms with E-state index in [1.165, 1.54) is 4.31 Å². The first-order valence-electron chi connectivity index (χ1n) is 7.82. The summed E-state index contributed by atoms with van der Waals surface area (Å²) >= 11 is 0. The van der Waals surface area contributed by atoms with Crippen LogP contribution in [-0.2, 0) is 10.2 Å². The molecular formula is C14H31N3O2S. The van der Waals surface area contributed by atoms with Gasteiger partial charge in [-0.15, -0.1) is 0 Å². The van der Waals surface area contributed by atoms with Crippen LogP contribution in [0.1, 0.15) is 46.5 Å². The number of unbranched alkanes of at least 4 members (excludes halogenated alkanes) is 1. The van der Waals surface area contributed by atoms with Crippen LogP contribution in [0.25, 0.3) is 0 Å². The summed E-state index contributed by atoms with van der Waals surface area (Å²) in [6.07, 6.45) is 4.13. The van der Waals surface area contributed by atoms with Gasteiger partial charge in [0.1, 0.15) is 0 Å². The Morgan fingerprint density at radius 3 is 2.55 bits per heavy atom. The highest BCUT2D eigenvalue weighted by molar-refractivity contribution is 7.86. The van der Waals surface area contributed by atoms with Crippen LogP contribution in [0.2, 0.25) is 0 Å². The van der Waals surface area contributed by atoms with Gasteiger partial charge >= 0.3 is 0 Å². The van der Waals surface area contributed by atoms with Crippen molar-refractivity contribution in [2.24, 2.45) is 5.92 Å². The zero-order valence-electron chi connectivity index (χ0n) is 13.4. The third kappa shape index (κ3) is 5.31. The second-order valence-electron chi connectivity index (χ2n) is 6.19. The number of nitrogens with zero attached hydrogens (tertiary/aromatic N) is 2. The van der Waals surface area contributed by atoms with Crippen LogP contribution >= 0.6 is 0 Å². The highest BCUT2D eigenvalue weighted by atomic mass is 32.2. The fourth-order valence-corrected chi connectivity index (χ4v) is 4.13. The molecule has 1 saturated heterocycles. The lowest BCUT2D eigenvalue weighted by atomic mass is 10.2. The molecule has 1 fully saturated rings. The quantitative estimate of drug-likeness (QED) is 0.705. The van der Waals surface area contributed by atoms with Crippen molar-refractivity contribution < 1.29 is 8.42 Å². The molecule has 0 aromatic carbocycles. The van der Waals surface area contributed by atoms with E-state index in [2.05, 4.69) is 26.1 Å². The molecule has 1 atom stereocenters. The molecule has 120 valence electrons. The van der Waals surface area contributed by atoms with Crippen LogP contribution in [0.3, 0.4) is 0 Å². The monoisotopic (exact) mass is 305 g/mol. The van der Waals surface area contributed by atoms with E-state index < -0.39 is 10.2 Å². The van der Waals surface area contributed by atoms with Crippen molar-refractivity contribution in [1.29, 1.82) is 0 Å². The maximum Gasteiger partial charge on any atom is 0.281 e. The minimum absolute atomic E-state index is 0.308. The van der Waals surface area contributed by atoms with Gasteiger partial charge in [-0.1, -0.05) is 27.2 Å². The molecule has 0 spiro atoms. The fraction of sp³-hybridized carbons (Fsp3) is 1.00. The summed E-state index contributed by atoms with van der Waals surface area (Å²) < 4.78 is 28.5. The van der Waals surface area contributed by atoms with E-state index in [0.717, 1.165) is 32.2 Å². The molecule has 0 aromatic rings. The number of nitrogens with one attached hydrogen (secondary N) is 1. The van der Waals surface area contributed by atoms with Gasteiger partial charge in [0, 0.05) is 32.7 Å². The first-order chi connectivity index (χ1) is 9.37. The first-order valence-corrected chi connectivity index (χ1v) is 9.22. The summed E-state index contributed by atoms with van der Waals surface area (Å²) in [6.45, 7) is 9.01. The van der Waals surface area contributed by atoms with Gasteiger partial charge in [-0.2, -0.15) is 17.0 Å².